The molecule has 2 aromatic rings. The van der Waals surface area contributed by atoms with Crippen molar-refractivity contribution in [2.24, 2.45) is 0 Å². The van der Waals surface area contributed by atoms with Gasteiger partial charge in [-0.05, 0) is 62.2 Å². The van der Waals surface area contributed by atoms with Gasteiger partial charge in [0.1, 0.15) is 5.82 Å². The molecule has 0 bridgehead atoms. The summed E-state index contributed by atoms with van der Waals surface area (Å²) < 4.78 is 14.5. The number of fused-ring (bicyclic) bond motifs is 1. The molecular weight excluding hydrogens is 523 g/mol. The lowest BCUT2D eigenvalue weighted by Crippen LogP contribution is -2.50. The number of likely N-dealkylation sites (N-methyl/N-ethyl adjacent to an activating group) is 1. The molecule has 1 aliphatic carbocycles. The average molecular weight is 565 g/mol. The number of carbonyl (C=O) groups is 2. The zero-order valence-corrected chi connectivity index (χ0v) is 24.3. The Morgan fingerprint density at radius 1 is 1.02 bits per heavy atom. The Morgan fingerprint density at radius 3 is 2.50 bits per heavy atom. The van der Waals surface area contributed by atoms with E-state index in [1.807, 2.05) is 41.3 Å². The minimum absolute atomic E-state index is 0.0330. The first-order valence-corrected chi connectivity index (χ1v) is 15.7. The van der Waals surface area contributed by atoms with Crippen LogP contribution in [0.25, 0.3) is 6.08 Å². The van der Waals surface area contributed by atoms with Crippen LogP contribution in [0.5, 0.6) is 0 Å². The number of nitrogens with zero attached hydrogens (tertiary/aromatic N) is 3. The van der Waals surface area contributed by atoms with Crippen molar-refractivity contribution in [3.8, 4) is 0 Å². The quantitative estimate of drug-likeness (QED) is 0.343. The number of halogens is 1. The van der Waals surface area contributed by atoms with E-state index < -0.39 is 0 Å². The Kier molecular flexibility index (Phi) is 9.94. The van der Waals surface area contributed by atoms with Crippen molar-refractivity contribution >= 4 is 29.7 Å². The molecule has 2 aliphatic heterocycles. The number of nitrogens with one attached hydrogen (secondary N) is 1. The van der Waals surface area contributed by atoms with Gasteiger partial charge in [-0.2, -0.15) is 0 Å². The van der Waals surface area contributed by atoms with E-state index in [1.54, 1.807) is 23.9 Å². The Labute approximate surface area is 242 Å². The summed E-state index contributed by atoms with van der Waals surface area (Å²) in [6, 6.07) is 14.3. The molecule has 5 rings (SSSR count). The Hall–Kier alpha value is -2.68. The highest BCUT2D eigenvalue weighted by Crippen LogP contribution is 2.42. The fourth-order valence-electron chi connectivity index (χ4n) is 5.99. The van der Waals surface area contributed by atoms with E-state index in [1.165, 1.54) is 6.07 Å². The first-order chi connectivity index (χ1) is 19.5. The number of thioether (sulfide) groups is 1. The summed E-state index contributed by atoms with van der Waals surface area (Å²) in [6.45, 7) is 9.72. The second-order valence-electron chi connectivity index (χ2n) is 11.0. The molecule has 2 amide bonds. The molecule has 214 valence electrons. The van der Waals surface area contributed by atoms with Crippen LogP contribution >= 0.6 is 11.8 Å². The van der Waals surface area contributed by atoms with Gasteiger partial charge < -0.3 is 20.0 Å². The molecule has 2 unspecified atom stereocenters. The third-order valence-electron chi connectivity index (χ3n) is 8.44. The third-order valence-corrected chi connectivity index (χ3v) is 9.83. The van der Waals surface area contributed by atoms with Gasteiger partial charge in [0.25, 0.3) is 11.8 Å². The van der Waals surface area contributed by atoms with E-state index >= 15 is 0 Å². The van der Waals surface area contributed by atoms with Crippen LogP contribution in [-0.4, -0.2) is 83.6 Å². The van der Waals surface area contributed by atoms with Gasteiger partial charge in [-0.25, -0.2) is 4.39 Å². The summed E-state index contributed by atoms with van der Waals surface area (Å²) in [5.41, 5.74) is 2.06. The van der Waals surface area contributed by atoms with Gasteiger partial charge in [-0.15, -0.1) is 11.8 Å². The van der Waals surface area contributed by atoms with Crippen LogP contribution in [0.3, 0.4) is 0 Å². The number of piperazine rings is 1. The number of hydrogen-bond donors (Lipinski definition) is 1. The third kappa shape index (κ3) is 7.14. The molecule has 6 nitrogen and oxygen atoms in total. The molecule has 3 fully saturated rings. The van der Waals surface area contributed by atoms with Gasteiger partial charge >= 0.3 is 0 Å². The Morgan fingerprint density at radius 2 is 1.75 bits per heavy atom. The lowest BCUT2D eigenvalue weighted by Gasteiger charge is -2.44. The molecule has 40 heavy (non-hydrogen) atoms. The predicted octanol–water partition coefficient (Wildman–Crippen LogP) is 5.01. The van der Waals surface area contributed by atoms with E-state index in [4.69, 9.17) is 0 Å². The molecule has 8 heteroatoms. The summed E-state index contributed by atoms with van der Waals surface area (Å²) in [5.74, 6) is -0.372. The second kappa shape index (κ2) is 13.8. The van der Waals surface area contributed by atoms with Gasteiger partial charge in [0.05, 0.1) is 4.91 Å². The normalized spacial score (nSPS) is 23.3. The van der Waals surface area contributed by atoms with Crippen LogP contribution in [0.1, 0.15) is 60.5 Å². The number of benzene rings is 2. The van der Waals surface area contributed by atoms with Crippen molar-refractivity contribution in [3.63, 3.8) is 0 Å². The van der Waals surface area contributed by atoms with E-state index in [9.17, 15) is 14.0 Å². The first-order valence-electron chi connectivity index (χ1n) is 14.8. The maximum atomic E-state index is 14.5. The highest BCUT2D eigenvalue weighted by Gasteiger charge is 2.40. The Bertz CT molecular complexity index is 1200. The minimum atomic E-state index is -0.268. The molecule has 0 aromatic heterocycles. The van der Waals surface area contributed by atoms with Gasteiger partial charge in [-0.1, -0.05) is 50.1 Å². The van der Waals surface area contributed by atoms with Crippen molar-refractivity contribution in [1.82, 2.24) is 20.0 Å². The average Bonchev–Trinajstić information content (AvgIpc) is 2.99. The second-order valence-corrected chi connectivity index (χ2v) is 12.3. The number of amides is 2. The maximum Gasteiger partial charge on any atom is 0.260 e. The van der Waals surface area contributed by atoms with Gasteiger partial charge in [0.15, 0.2) is 0 Å². The SMILES string of the molecule is CCN1CCN(CCCNC(=O)c2ccc(/C=C3/SC4CCCCC4N(Cc4ccccc4F)C3=O)cc2)CC1. The van der Waals surface area contributed by atoms with E-state index in [2.05, 4.69) is 22.0 Å². The van der Waals surface area contributed by atoms with E-state index in [-0.39, 0.29) is 23.7 Å². The lowest BCUT2D eigenvalue weighted by molar-refractivity contribution is -0.130. The van der Waals surface area contributed by atoms with Crippen molar-refractivity contribution in [1.29, 1.82) is 0 Å². The van der Waals surface area contributed by atoms with Crippen molar-refractivity contribution in [3.05, 3.63) is 75.9 Å². The fourth-order valence-corrected chi connectivity index (χ4v) is 7.46. The lowest BCUT2D eigenvalue weighted by atomic mass is 9.92. The summed E-state index contributed by atoms with van der Waals surface area (Å²) in [7, 11) is 0. The predicted molar refractivity (Wildman–Crippen MR) is 161 cm³/mol. The number of hydrogen-bond acceptors (Lipinski definition) is 5. The Balaban J connectivity index is 1.18. The zero-order valence-electron chi connectivity index (χ0n) is 23.5. The zero-order chi connectivity index (χ0) is 27.9. The van der Waals surface area contributed by atoms with Crippen molar-refractivity contribution in [2.45, 2.75) is 56.9 Å². The van der Waals surface area contributed by atoms with Crippen molar-refractivity contribution < 1.29 is 14.0 Å². The molecule has 0 radical (unpaired) electrons. The first kappa shape index (κ1) is 28.8. The molecular formula is C32H41FN4O2S. The summed E-state index contributed by atoms with van der Waals surface area (Å²) in [6.07, 6.45) is 7.13. The molecule has 2 heterocycles. The largest absolute Gasteiger partial charge is 0.352 e. The van der Waals surface area contributed by atoms with Crippen LogP contribution in [0, 0.1) is 5.82 Å². The smallest absolute Gasteiger partial charge is 0.260 e. The van der Waals surface area contributed by atoms with Crippen LogP contribution in [0.4, 0.5) is 4.39 Å². The standard InChI is InChI=1S/C32H41FN4O2S/c1-2-35-18-20-36(21-19-35)17-7-16-34-31(38)25-14-12-24(13-15-25)22-30-32(39)37(23-26-8-3-4-9-27(26)33)28-10-5-6-11-29(28)40-30/h3-4,8-9,12-15,22,28-29H,2,5-7,10-11,16-21,23H2,1H3,(H,34,38)/b30-22+. The van der Waals surface area contributed by atoms with Gasteiger partial charge in [-0.3, -0.25) is 9.59 Å². The van der Waals surface area contributed by atoms with Crippen LogP contribution < -0.4 is 5.32 Å². The van der Waals surface area contributed by atoms with E-state index in [0.717, 1.165) is 76.9 Å². The molecule has 2 saturated heterocycles. The highest BCUT2D eigenvalue weighted by molar-refractivity contribution is 8.04. The van der Waals surface area contributed by atoms with Gasteiger partial charge in [0, 0.05) is 61.7 Å². The summed E-state index contributed by atoms with van der Waals surface area (Å²) in [4.78, 5) is 33.8. The van der Waals surface area contributed by atoms with Crippen LogP contribution in [0.15, 0.2) is 53.4 Å². The summed E-state index contributed by atoms with van der Waals surface area (Å²) in [5, 5.41) is 3.37. The molecule has 0 spiro atoms. The van der Waals surface area contributed by atoms with Crippen molar-refractivity contribution in [2.75, 3.05) is 45.8 Å². The number of carbonyl (C=O) groups excluding carboxylic acids is 2. The number of rotatable bonds is 9. The molecule has 2 aromatic carbocycles. The molecule has 1 saturated carbocycles. The minimum Gasteiger partial charge on any atom is -0.352 e. The fraction of sp³-hybridized carbons (Fsp3) is 0.500. The molecule has 2 atom stereocenters. The topological polar surface area (TPSA) is 55.9 Å². The van der Waals surface area contributed by atoms with E-state index in [0.29, 0.717) is 34.4 Å². The maximum absolute atomic E-state index is 14.5. The molecule has 3 aliphatic rings. The highest BCUT2D eigenvalue weighted by atomic mass is 32.2. The summed E-state index contributed by atoms with van der Waals surface area (Å²) >= 11 is 1.66. The van der Waals surface area contributed by atoms with Crippen LogP contribution in [-0.2, 0) is 11.3 Å². The van der Waals surface area contributed by atoms with Gasteiger partial charge in [0.2, 0.25) is 0 Å². The monoisotopic (exact) mass is 564 g/mol. The molecule has 1 N–H and O–H groups in total. The van der Waals surface area contributed by atoms with Crippen LogP contribution in [0.2, 0.25) is 0 Å².